The van der Waals surface area contributed by atoms with Crippen molar-refractivity contribution in [3.8, 4) is 11.5 Å². The number of carbonyl (C=O) groups excluding carboxylic acids is 1. The summed E-state index contributed by atoms with van der Waals surface area (Å²) in [5, 5.41) is 0.416. The number of sulfonamides is 1. The van der Waals surface area contributed by atoms with Crippen molar-refractivity contribution in [3.05, 3.63) is 40.3 Å². The molecule has 1 saturated heterocycles. The van der Waals surface area contributed by atoms with E-state index in [1.807, 2.05) is 6.92 Å². The van der Waals surface area contributed by atoms with Gasteiger partial charge in [-0.1, -0.05) is 25.1 Å². The monoisotopic (exact) mass is 494 g/mol. The van der Waals surface area contributed by atoms with E-state index >= 15 is 0 Å². The highest BCUT2D eigenvalue weighted by Crippen LogP contribution is 2.33. The Kier molecular flexibility index (Phi) is 7.25. The first-order chi connectivity index (χ1) is 15.9. The van der Waals surface area contributed by atoms with Crippen molar-refractivity contribution in [2.75, 3.05) is 45.1 Å². The fourth-order valence-corrected chi connectivity index (χ4v) is 5.90. The largest absolute Gasteiger partial charge is 0.486 e. The van der Waals surface area contributed by atoms with Crippen LogP contribution in [0.4, 0.5) is 0 Å². The van der Waals surface area contributed by atoms with Crippen molar-refractivity contribution >= 4 is 27.7 Å². The molecule has 2 aliphatic rings. The Bertz CT molecular complexity index is 1180. The van der Waals surface area contributed by atoms with Crippen LogP contribution in [-0.2, 0) is 21.2 Å². The van der Waals surface area contributed by atoms with Crippen LogP contribution in [0.2, 0.25) is 0 Å². The SMILES string of the molecule is CCCc1cc(=O)[nH]c(SCC(=O)N2CCN(S(=O)(=O)c3ccc4c(c3)OCCO4)CC2)n1. The smallest absolute Gasteiger partial charge is 0.251 e. The maximum Gasteiger partial charge on any atom is 0.251 e. The second-order valence-corrected chi connectivity index (χ2v) is 10.6. The van der Waals surface area contributed by atoms with Crippen molar-refractivity contribution in [1.82, 2.24) is 19.2 Å². The lowest BCUT2D eigenvalue weighted by Crippen LogP contribution is -2.51. The van der Waals surface area contributed by atoms with Crippen LogP contribution >= 0.6 is 11.8 Å². The van der Waals surface area contributed by atoms with Crippen molar-refractivity contribution in [1.29, 1.82) is 0 Å². The van der Waals surface area contributed by atoms with Gasteiger partial charge in [-0.05, 0) is 18.6 Å². The zero-order valence-electron chi connectivity index (χ0n) is 18.3. The zero-order valence-corrected chi connectivity index (χ0v) is 19.9. The van der Waals surface area contributed by atoms with Gasteiger partial charge in [0.15, 0.2) is 16.7 Å². The van der Waals surface area contributed by atoms with Crippen LogP contribution in [0.3, 0.4) is 0 Å². The molecule has 0 unspecified atom stereocenters. The van der Waals surface area contributed by atoms with E-state index in [9.17, 15) is 18.0 Å². The maximum atomic E-state index is 13.1. The van der Waals surface area contributed by atoms with Gasteiger partial charge in [0.2, 0.25) is 15.9 Å². The molecule has 0 bridgehead atoms. The summed E-state index contributed by atoms with van der Waals surface area (Å²) < 4.78 is 38.4. The number of H-pyrrole nitrogens is 1. The predicted molar refractivity (Wildman–Crippen MR) is 122 cm³/mol. The molecule has 1 amide bonds. The number of amides is 1. The van der Waals surface area contributed by atoms with Crippen molar-refractivity contribution < 1.29 is 22.7 Å². The normalized spacial score (nSPS) is 16.6. The summed E-state index contributed by atoms with van der Waals surface area (Å²) in [4.78, 5) is 33.2. The number of hydrogen-bond donors (Lipinski definition) is 1. The number of aryl methyl sites for hydroxylation is 1. The van der Waals surface area contributed by atoms with E-state index in [-0.39, 0.29) is 35.2 Å². The van der Waals surface area contributed by atoms with Gasteiger partial charge in [0.05, 0.1) is 10.6 Å². The molecule has 0 radical (unpaired) electrons. The highest BCUT2D eigenvalue weighted by molar-refractivity contribution is 7.99. The lowest BCUT2D eigenvalue weighted by molar-refractivity contribution is -0.129. The number of ether oxygens (including phenoxy) is 2. The van der Waals surface area contributed by atoms with Gasteiger partial charge < -0.3 is 19.4 Å². The number of carbonyl (C=O) groups is 1. The van der Waals surface area contributed by atoms with Crippen LogP contribution in [0.25, 0.3) is 0 Å². The van der Waals surface area contributed by atoms with E-state index in [0.717, 1.165) is 6.42 Å². The Hall–Kier alpha value is -2.57. The molecule has 1 aromatic heterocycles. The summed E-state index contributed by atoms with van der Waals surface area (Å²) in [5.41, 5.74) is 0.468. The molecule has 0 saturated carbocycles. The molecule has 0 atom stereocenters. The van der Waals surface area contributed by atoms with Gasteiger partial charge in [-0.3, -0.25) is 9.59 Å². The van der Waals surface area contributed by atoms with Crippen LogP contribution in [0.5, 0.6) is 11.5 Å². The second kappa shape index (κ2) is 10.1. The first kappa shape index (κ1) is 23.6. The van der Waals surface area contributed by atoms with Gasteiger partial charge in [0, 0.05) is 44.0 Å². The average Bonchev–Trinajstić information content (AvgIpc) is 2.82. The number of benzene rings is 1. The summed E-state index contributed by atoms with van der Waals surface area (Å²) >= 11 is 1.18. The van der Waals surface area contributed by atoms with Gasteiger partial charge in [-0.15, -0.1) is 0 Å². The molecule has 1 N–H and O–H groups in total. The molecular formula is C21H26N4O6S2. The van der Waals surface area contributed by atoms with E-state index in [4.69, 9.17) is 9.47 Å². The van der Waals surface area contributed by atoms with E-state index in [2.05, 4.69) is 9.97 Å². The quantitative estimate of drug-likeness (QED) is 0.449. The third-order valence-corrected chi connectivity index (χ3v) is 8.11. The van der Waals surface area contributed by atoms with Crippen molar-refractivity contribution in [3.63, 3.8) is 0 Å². The Morgan fingerprint density at radius 2 is 1.85 bits per heavy atom. The number of piperazine rings is 1. The number of nitrogens with one attached hydrogen (secondary N) is 1. The maximum absolute atomic E-state index is 13.1. The molecule has 3 heterocycles. The molecule has 0 spiro atoms. The van der Waals surface area contributed by atoms with E-state index in [1.54, 1.807) is 11.0 Å². The minimum absolute atomic E-state index is 0.118. The standard InChI is InChI=1S/C21H26N4O6S2/c1-2-3-15-12-19(26)23-21(22-15)32-14-20(27)24-6-8-25(9-7-24)33(28,29)16-4-5-17-18(13-16)31-11-10-30-17/h4-5,12-13H,2-3,6-11,14H2,1H3,(H,22,23,26). The fourth-order valence-electron chi connectivity index (χ4n) is 3.67. The molecule has 1 aromatic carbocycles. The average molecular weight is 495 g/mol. The molecule has 33 heavy (non-hydrogen) atoms. The number of thioether (sulfide) groups is 1. The van der Waals surface area contributed by atoms with E-state index in [1.165, 1.54) is 34.3 Å². The summed E-state index contributed by atoms with van der Waals surface area (Å²) in [5.74, 6) is 0.944. The highest BCUT2D eigenvalue weighted by atomic mass is 32.2. The zero-order chi connectivity index (χ0) is 23.4. The van der Waals surface area contributed by atoms with Crippen LogP contribution in [-0.4, -0.2) is 78.6 Å². The molecule has 4 rings (SSSR count). The third kappa shape index (κ3) is 5.50. The molecule has 10 nitrogen and oxygen atoms in total. The minimum atomic E-state index is -3.71. The number of nitrogens with zero attached hydrogens (tertiary/aromatic N) is 3. The van der Waals surface area contributed by atoms with Crippen molar-refractivity contribution in [2.24, 2.45) is 0 Å². The number of aromatic amines is 1. The van der Waals surface area contributed by atoms with Gasteiger partial charge in [0.1, 0.15) is 13.2 Å². The van der Waals surface area contributed by atoms with Gasteiger partial charge >= 0.3 is 0 Å². The highest BCUT2D eigenvalue weighted by Gasteiger charge is 2.31. The Morgan fingerprint density at radius 1 is 1.12 bits per heavy atom. The molecule has 2 aliphatic heterocycles. The molecule has 178 valence electrons. The van der Waals surface area contributed by atoms with Gasteiger partial charge in [-0.2, -0.15) is 4.31 Å². The molecular weight excluding hydrogens is 468 g/mol. The Labute approximate surface area is 196 Å². The topological polar surface area (TPSA) is 122 Å². The summed E-state index contributed by atoms with van der Waals surface area (Å²) in [7, 11) is -3.71. The third-order valence-electron chi connectivity index (χ3n) is 5.35. The number of aromatic nitrogens is 2. The van der Waals surface area contributed by atoms with E-state index < -0.39 is 10.0 Å². The summed E-state index contributed by atoms with van der Waals surface area (Å²) in [6, 6.07) is 6.07. The predicted octanol–water partition coefficient (Wildman–Crippen LogP) is 1.12. The first-order valence-electron chi connectivity index (χ1n) is 10.8. The molecule has 0 aliphatic carbocycles. The minimum Gasteiger partial charge on any atom is -0.486 e. The van der Waals surface area contributed by atoms with Crippen molar-refractivity contribution in [2.45, 2.75) is 29.8 Å². The Morgan fingerprint density at radius 3 is 2.58 bits per heavy atom. The van der Waals surface area contributed by atoms with Crippen LogP contribution in [0.1, 0.15) is 19.0 Å². The van der Waals surface area contributed by atoms with Crippen LogP contribution in [0, 0.1) is 0 Å². The summed E-state index contributed by atoms with van der Waals surface area (Å²) in [6.07, 6.45) is 1.57. The second-order valence-electron chi connectivity index (χ2n) is 7.67. The van der Waals surface area contributed by atoms with Crippen LogP contribution in [0.15, 0.2) is 39.1 Å². The lowest BCUT2D eigenvalue weighted by atomic mass is 10.2. The number of rotatable bonds is 7. The van der Waals surface area contributed by atoms with Crippen LogP contribution < -0.4 is 15.0 Å². The number of hydrogen-bond acceptors (Lipinski definition) is 8. The van der Waals surface area contributed by atoms with Gasteiger partial charge in [0.25, 0.3) is 5.56 Å². The molecule has 1 fully saturated rings. The molecule has 2 aromatic rings. The van der Waals surface area contributed by atoms with E-state index in [0.29, 0.717) is 55.1 Å². The summed E-state index contributed by atoms with van der Waals surface area (Å²) in [6.45, 7) is 3.81. The number of fused-ring (bicyclic) bond motifs is 1. The first-order valence-corrected chi connectivity index (χ1v) is 13.2. The Balaban J connectivity index is 1.34. The molecule has 12 heteroatoms. The van der Waals surface area contributed by atoms with Gasteiger partial charge in [-0.25, -0.2) is 13.4 Å². The lowest BCUT2D eigenvalue weighted by Gasteiger charge is -2.34. The fraction of sp³-hybridized carbons (Fsp3) is 0.476.